The lowest BCUT2D eigenvalue weighted by Gasteiger charge is -2.01. The standard InChI is InChI=1S/C12H16O4S/c1-15-11-10(12(11)16-2)8-4-6-9(7-5-8)17(3,13)14/h4-7,10-12H,1-3H3. The molecule has 1 aliphatic carbocycles. The van der Waals surface area contributed by atoms with Gasteiger partial charge >= 0.3 is 0 Å². The molecular formula is C12H16O4S. The number of hydrogen-bond donors (Lipinski definition) is 0. The zero-order valence-corrected chi connectivity index (χ0v) is 10.9. The molecule has 0 radical (unpaired) electrons. The van der Waals surface area contributed by atoms with Gasteiger partial charge in [-0.15, -0.1) is 0 Å². The van der Waals surface area contributed by atoms with Gasteiger partial charge in [-0.3, -0.25) is 0 Å². The van der Waals surface area contributed by atoms with Gasteiger partial charge in [-0.05, 0) is 17.7 Å². The maximum Gasteiger partial charge on any atom is 0.175 e. The summed E-state index contributed by atoms with van der Waals surface area (Å²) >= 11 is 0. The lowest BCUT2D eigenvalue weighted by Crippen LogP contribution is -1.97. The SMILES string of the molecule is COC1C(OC)C1c1ccc(S(C)(=O)=O)cc1. The van der Waals surface area contributed by atoms with Crippen LogP contribution in [0.25, 0.3) is 0 Å². The van der Waals surface area contributed by atoms with Gasteiger partial charge in [0.25, 0.3) is 0 Å². The third-order valence-electron chi connectivity index (χ3n) is 3.13. The Balaban J connectivity index is 2.20. The molecule has 0 bridgehead atoms. The van der Waals surface area contributed by atoms with E-state index >= 15 is 0 Å². The highest BCUT2D eigenvalue weighted by molar-refractivity contribution is 7.90. The van der Waals surface area contributed by atoms with E-state index in [9.17, 15) is 8.42 Å². The second-order valence-corrected chi connectivity index (χ2v) is 6.28. The normalized spacial score (nSPS) is 28.1. The minimum absolute atomic E-state index is 0.0732. The Morgan fingerprint density at radius 1 is 1.00 bits per heavy atom. The fraction of sp³-hybridized carbons (Fsp3) is 0.500. The second kappa shape index (κ2) is 4.40. The molecule has 0 aliphatic heterocycles. The van der Waals surface area contributed by atoms with Crippen molar-refractivity contribution in [1.82, 2.24) is 0 Å². The predicted molar refractivity (Wildman–Crippen MR) is 63.9 cm³/mol. The molecule has 1 aromatic carbocycles. The molecule has 4 nitrogen and oxygen atoms in total. The van der Waals surface area contributed by atoms with E-state index in [4.69, 9.17) is 9.47 Å². The Hall–Kier alpha value is -0.910. The van der Waals surface area contributed by atoms with Crippen molar-refractivity contribution in [2.24, 2.45) is 0 Å². The minimum atomic E-state index is -3.13. The van der Waals surface area contributed by atoms with Gasteiger partial charge in [0.1, 0.15) is 0 Å². The number of rotatable bonds is 4. The quantitative estimate of drug-likeness (QED) is 0.812. The zero-order chi connectivity index (χ0) is 12.6. The van der Waals surface area contributed by atoms with Crippen LogP contribution in [0.15, 0.2) is 29.2 Å². The van der Waals surface area contributed by atoms with Gasteiger partial charge in [-0.25, -0.2) is 8.42 Å². The first-order valence-electron chi connectivity index (χ1n) is 5.34. The molecule has 1 aromatic rings. The lowest BCUT2D eigenvalue weighted by atomic mass is 10.1. The summed E-state index contributed by atoms with van der Waals surface area (Å²) in [6.07, 6.45) is 1.35. The zero-order valence-electron chi connectivity index (χ0n) is 10.1. The van der Waals surface area contributed by atoms with Crippen molar-refractivity contribution in [3.8, 4) is 0 Å². The first kappa shape index (κ1) is 12.5. The molecule has 1 aliphatic rings. The summed E-state index contributed by atoms with van der Waals surface area (Å²) in [7, 11) is 0.183. The average Bonchev–Trinajstić information content (AvgIpc) is 3.01. The molecule has 2 rings (SSSR count). The third kappa shape index (κ3) is 2.36. The van der Waals surface area contributed by atoms with Crippen LogP contribution in [-0.4, -0.2) is 41.1 Å². The molecule has 1 fully saturated rings. The number of hydrogen-bond acceptors (Lipinski definition) is 4. The molecule has 0 amide bonds. The summed E-state index contributed by atoms with van der Waals surface area (Å²) < 4.78 is 33.2. The molecule has 0 saturated heterocycles. The fourth-order valence-electron chi connectivity index (χ4n) is 2.13. The van der Waals surface area contributed by atoms with Crippen molar-refractivity contribution in [3.05, 3.63) is 29.8 Å². The molecule has 2 atom stereocenters. The van der Waals surface area contributed by atoms with Gasteiger partial charge in [0.05, 0.1) is 17.1 Å². The molecule has 0 spiro atoms. The van der Waals surface area contributed by atoms with Crippen molar-refractivity contribution in [2.45, 2.75) is 23.0 Å². The summed E-state index contributed by atoms with van der Waals surface area (Å²) in [6, 6.07) is 6.91. The molecular weight excluding hydrogens is 240 g/mol. The topological polar surface area (TPSA) is 52.6 Å². The Morgan fingerprint density at radius 2 is 1.47 bits per heavy atom. The van der Waals surface area contributed by atoms with Gasteiger partial charge < -0.3 is 9.47 Å². The number of benzene rings is 1. The molecule has 5 heteroatoms. The molecule has 94 valence electrons. The molecule has 0 heterocycles. The predicted octanol–water partition coefficient (Wildman–Crippen LogP) is 1.22. The smallest absolute Gasteiger partial charge is 0.175 e. The van der Waals surface area contributed by atoms with Crippen LogP contribution in [0.3, 0.4) is 0 Å². The lowest BCUT2D eigenvalue weighted by molar-refractivity contribution is 0.0972. The summed E-state index contributed by atoms with van der Waals surface area (Å²) in [6.45, 7) is 0. The second-order valence-electron chi connectivity index (χ2n) is 4.27. The Kier molecular flexibility index (Phi) is 3.25. The molecule has 0 N–H and O–H groups in total. The van der Waals surface area contributed by atoms with Crippen LogP contribution < -0.4 is 0 Å². The Morgan fingerprint density at radius 3 is 1.82 bits per heavy atom. The summed E-state index contributed by atoms with van der Waals surface area (Å²) in [5.41, 5.74) is 1.05. The van der Waals surface area contributed by atoms with Crippen molar-refractivity contribution in [1.29, 1.82) is 0 Å². The van der Waals surface area contributed by atoms with E-state index in [-0.39, 0.29) is 18.1 Å². The maximum absolute atomic E-state index is 11.3. The van der Waals surface area contributed by atoms with Crippen LogP contribution in [0.5, 0.6) is 0 Å². The van der Waals surface area contributed by atoms with Crippen LogP contribution in [-0.2, 0) is 19.3 Å². The van der Waals surface area contributed by atoms with E-state index in [1.165, 1.54) is 6.26 Å². The monoisotopic (exact) mass is 256 g/mol. The molecule has 1 saturated carbocycles. The third-order valence-corrected chi connectivity index (χ3v) is 4.26. The van der Waals surface area contributed by atoms with Crippen molar-refractivity contribution in [3.63, 3.8) is 0 Å². The van der Waals surface area contributed by atoms with E-state index in [1.807, 2.05) is 12.1 Å². The fourth-order valence-corrected chi connectivity index (χ4v) is 2.77. The van der Waals surface area contributed by atoms with Gasteiger partial charge in [-0.1, -0.05) is 12.1 Å². The summed E-state index contributed by atoms with van der Waals surface area (Å²) in [5, 5.41) is 0. The van der Waals surface area contributed by atoms with Gasteiger partial charge in [0, 0.05) is 26.4 Å². The van der Waals surface area contributed by atoms with E-state index in [1.54, 1.807) is 26.4 Å². The van der Waals surface area contributed by atoms with Crippen LogP contribution in [0.1, 0.15) is 11.5 Å². The van der Waals surface area contributed by atoms with Crippen molar-refractivity contribution in [2.75, 3.05) is 20.5 Å². The first-order chi connectivity index (χ1) is 7.99. The average molecular weight is 256 g/mol. The molecule has 17 heavy (non-hydrogen) atoms. The number of sulfone groups is 1. The highest BCUT2D eigenvalue weighted by Gasteiger charge is 2.52. The van der Waals surface area contributed by atoms with E-state index in [2.05, 4.69) is 0 Å². The first-order valence-corrected chi connectivity index (χ1v) is 7.24. The van der Waals surface area contributed by atoms with Crippen LogP contribution in [0.4, 0.5) is 0 Å². The summed E-state index contributed by atoms with van der Waals surface area (Å²) in [5.74, 6) is 0.207. The van der Waals surface area contributed by atoms with Crippen LogP contribution in [0.2, 0.25) is 0 Å². The Bertz CT molecular complexity index is 482. The highest BCUT2D eigenvalue weighted by atomic mass is 32.2. The molecule has 2 unspecified atom stereocenters. The van der Waals surface area contributed by atoms with Crippen molar-refractivity contribution < 1.29 is 17.9 Å². The van der Waals surface area contributed by atoms with E-state index in [0.29, 0.717) is 4.90 Å². The number of ether oxygens (including phenoxy) is 2. The van der Waals surface area contributed by atoms with Gasteiger partial charge in [-0.2, -0.15) is 0 Å². The van der Waals surface area contributed by atoms with Crippen molar-refractivity contribution >= 4 is 9.84 Å². The highest BCUT2D eigenvalue weighted by Crippen LogP contribution is 2.45. The van der Waals surface area contributed by atoms with Crippen LogP contribution >= 0.6 is 0 Å². The van der Waals surface area contributed by atoms with Crippen LogP contribution in [0, 0.1) is 0 Å². The molecule has 0 aromatic heterocycles. The van der Waals surface area contributed by atoms with E-state index < -0.39 is 9.84 Å². The van der Waals surface area contributed by atoms with Gasteiger partial charge in [0.15, 0.2) is 9.84 Å². The summed E-state index contributed by atoms with van der Waals surface area (Å²) in [4.78, 5) is 0.338. The largest absolute Gasteiger partial charge is 0.378 e. The van der Waals surface area contributed by atoms with Gasteiger partial charge in [0.2, 0.25) is 0 Å². The van der Waals surface area contributed by atoms with E-state index in [0.717, 1.165) is 5.56 Å². The number of methoxy groups -OCH3 is 2. The maximum atomic E-state index is 11.3. The minimum Gasteiger partial charge on any atom is -0.378 e. The Labute approximate surface area is 101 Å².